The van der Waals surface area contributed by atoms with Crippen molar-refractivity contribution >= 4 is 11.8 Å². The van der Waals surface area contributed by atoms with Gasteiger partial charge in [0, 0.05) is 58.3 Å². The summed E-state index contributed by atoms with van der Waals surface area (Å²) in [7, 11) is 0. The first-order valence-electron chi connectivity index (χ1n) is 9.23. The Morgan fingerprint density at radius 3 is 2.56 bits per heavy atom. The van der Waals surface area contributed by atoms with Gasteiger partial charge in [0.25, 0.3) is 0 Å². The van der Waals surface area contributed by atoms with E-state index < -0.39 is 0 Å². The molecule has 3 fully saturated rings. The van der Waals surface area contributed by atoms with Gasteiger partial charge in [-0.1, -0.05) is 0 Å². The zero-order valence-corrected chi connectivity index (χ0v) is 14.7. The van der Waals surface area contributed by atoms with Crippen LogP contribution in [0.25, 0.3) is 0 Å². The number of piperidine rings is 1. The fourth-order valence-electron chi connectivity index (χ4n) is 3.62. The molecule has 0 atom stereocenters. The third-order valence-electron chi connectivity index (χ3n) is 5.12. The molecule has 3 aliphatic rings. The third-order valence-corrected chi connectivity index (χ3v) is 5.12. The lowest BCUT2D eigenvalue weighted by molar-refractivity contribution is -0.169. The standard InChI is InChI=1S/C17H27N5O3/c1-4-18-16(19-5-8-21-9-11-23-12-10-21)20-15(1)22-6-2-17(3-7-22)24-13-14-25-17/h1,4H,2-3,5-14H2,(H,18,19,20). The number of hydrogen-bond donors (Lipinski definition) is 1. The highest BCUT2D eigenvalue weighted by atomic mass is 16.7. The molecule has 1 aromatic rings. The van der Waals surface area contributed by atoms with Gasteiger partial charge in [0.2, 0.25) is 5.95 Å². The molecule has 0 aliphatic carbocycles. The van der Waals surface area contributed by atoms with Gasteiger partial charge >= 0.3 is 0 Å². The van der Waals surface area contributed by atoms with Crippen molar-refractivity contribution < 1.29 is 14.2 Å². The highest BCUT2D eigenvalue weighted by molar-refractivity contribution is 5.43. The van der Waals surface area contributed by atoms with Crippen LogP contribution in [0.5, 0.6) is 0 Å². The van der Waals surface area contributed by atoms with Gasteiger partial charge in [-0.3, -0.25) is 4.90 Å². The summed E-state index contributed by atoms with van der Waals surface area (Å²) >= 11 is 0. The number of anilines is 2. The number of ether oxygens (including phenoxy) is 3. The minimum absolute atomic E-state index is 0.344. The van der Waals surface area contributed by atoms with Gasteiger partial charge in [0.05, 0.1) is 26.4 Å². The molecule has 4 heterocycles. The number of nitrogens with zero attached hydrogens (tertiary/aromatic N) is 4. The molecule has 3 saturated heterocycles. The highest BCUT2D eigenvalue weighted by Gasteiger charge is 2.40. The molecule has 0 radical (unpaired) electrons. The van der Waals surface area contributed by atoms with E-state index in [1.54, 1.807) is 0 Å². The van der Waals surface area contributed by atoms with Crippen LogP contribution in [-0.2, 0) is 14.2 Å². The molecule has 0 bridgehead atoms. The van der Waals surface area contributed by atoms with Crippen molar-refractivity contribution in [1.29, 1.82) is 0 Å². The minimum atomic E-state index is -0.344. The number of morpholine rings is 1. The van der Waals surface area contributed by atoms with Crippen LogP contribution in [0.2, 0.25) is 0 Å². The van der Waals surface area contributed by atoms with Gasteiger partial charge in [-0.05, 0) is 6.07 Å². The minimum Gasteiger partial charge on any atom is -0.379 e. The second-order valence-corrected chi connectivity index (χ2v) is 6.71. The lowest BCUT2D eigenvalue weighted by Gasteiger charge is -2.38. The number of rotatable bonds is 5. The van der Waals surface area contributed by atoms with E-state index in [4.69, 9.17) is 14.2 Å². The summed E-state index contributed by atoms with van der Waals surface area (Å²) in [5, 5.41) is 3.34. The predicted octanol–water partition coefficient (Wildman–Crippen LogP) is 0.564. The van der Waals surface area contributed by atoms with Crippen molar-refractivity contribution in [2.45, 2.75) is 18.6 Å². The van der Waals surface area contributed by atoms with Crippen LogP contribution in [0, 0.1) is 0 Å². The van der Waals surface area contributed by atoms with Crippen molar-refractivity contribution in [3.05, 3.63) is 12.3 Å². The first-order chi connectivity index (χ1) is 12.3. The normalized spacial score (nSPS) is 23.9. The molecule has 0 aromatic carbocycles. The average molecular weight is 349 g/mol. The molecule has 138 valence electrons. The van der Waals surface area contributed by atoms with Crippen LogP contribution in [0.1, 0.15) is 12.8 Å². The summed E-state index contributed by atoms with van der Waals surface area (Å²) < 4.78 is 17.0. The van der Waals surface area contributed by atoms with E-state index in [2.05, 4.69) is 25.1 Å². The van der Waals surface area contributed by atoms with E-state index in [1.165, 1.54) is 0 Å². The second-order valence-electron chi connectivity index (χ2n) is 6.71. The van der Waals surface area contributed by atoms with Crippen LogP contribution in [0.15, 0.2) is 12.3 Å². The van der Waals surface area contributed by atoms with E-state index >= 15 is 0 Å². The Kier molecular flexibility index (Phi) is 5.30. The number of hydrogen-bond acceptors (Lipinski definition) is 8. The van der Waals surface area contributed by atoms with Gasteiger partial charge in [-0.25, -0.2) is 4.98 Å². The predicted molar refractivity (Wildman–Crippen MR) is 93.9 cm³/mol. The number of aromatic nitrogens is 2. The van der Waals surface area contributed by atoms with Crippen LogP contribution in [0.3, 0.4) is 0 Å². The SMILES string of the molecule is c1cc(N2CCC3(CC2)OCCO3)nc(NCCN2CCOCC2)n1. The summed E-state index contributed by atoms with van der Waals surface area (Å²) in [6.45, 7) is 8.70. The van der Waals surface area contributed by atoms with E-state index in [-0.39, 0.29) is 5.79 Å². The van der Waals surface area contributed by atoms with Gasteiger partial charge in [0.15, 0.2) is 5.79 Å². The maximum Gasteiger partial charge on any atom is 0.224 e. The maximum absolute atomic E-state index is 5.79. The molecule has 1 N–H and O–H groups in total. The lowest BCUT2D eigenvalue weighted by Crippen LogP contribution is -2.45. The monoisotopic (exact) mass is 349 g/mol. The fraction of sp³-hybridized carbons (Fsp3) is 0.765. The fourth-order valence-corrected chi connectivity index (χ4v) is 3.62. The van der Waals surface area contributed by atoms with Crippen molar-refractivity contribution in [3.8, 4) is 0 Å². The van der Waals surface area contributed by atoms with Crippen LogP contribution >= 0.6 is 0 Å². The Balaban J connectivity index is 1.27. The molecule has 3 aliphatic heterocycles. The maximum atomic E-state index is 5.79. The molecule has 8 heteroatoms. The van der Waals surface area contributed by atoms with E-state index in [0.717, 1.165) is 71.1 Å². The molecule has 1 spiro atoms. The van der Waals surface area contributed by atoms with Crippen LogP contribution in [-0.4, -0.2) is 86.4 Å². The van der Waals surface area contributed by atoms with Crippen molar-refractivity contribution in [1.82, 2.24) is 14.9 Å². The van der Waals surface area contributed by atoms with Gasteiger partial charge < -0.3 is 24.4 Å². The first kappa shape index (κ1) is 17.0. The zero-order chi connectivity index (χ0) is 17.0. The molecular weight excluding hydrogens is 322 g/mol. The zero-order valence-electron chi connectivity index (χ0n) is 14.7. The quantitative estimate of drug-likeness (QED) is 0.827. The van der Waals surface area contributed by atoms with Crippen LogP contribution < -0.4 is 10.2 Å². The largest absolute Gasteiger partial charge is 0.379 e. The van der Waals surface area contributed by atoms with Crippen molar-refractivity contribution in [2.75, 3.05) is 75.9 Å². The summed E-state index contributed by atoms with van der Waals surface area (Å²) in [6.07, 6.45) is 3.60. The topological polar surface area (TPSA) is 72.0 Å². The first-order valence-corrected chi connectivity index (χ1v) is 9.23. The van der Waals surface area contributed by atoms with Gasteiger partial charge in [-0.2, -0.15) is 4.98 Å². The average Bonchev–Trinajstić information content (AvgIpc) is 3.12. The molecule has 1 aromatic heterocycles. The molecule has 0 amide bonds. The third kappa shape index (κ3) is 4.20. The second kappa shape index (κ2) is 7.82. The molecule has 4 rings (SSSR count). The molecule has 25 heavy (non-hydrogen) atoms. The highest BCUT2D eigenvalue weighted by Crippen LogP contribution is 2.32. The van der Waals surface area contributed by atoms with Crippen molar-refractivity contribution in [3.63, 3.8) is 0 Å². The summed E-state index contributed by atoms with van der Waals surface area (Å²) in [6, 6.07) is 1.97. The Labute approximate surface area is 148 Å². The van der Waals surface area contributed by atoms with E-state index in [0.29, 0.717) is 19.2 Å². The summed E-state index contributed by atoms with van der Waals surface area (Å²) in [4.78, 5) is 13.7. The van der Waals surface area contributed by atoms with E-state index in [9.17, 15) is 0 Å². The summed E-state index contributed by atoms with van der Waals surface area (Å²) in [5.74, 6) is 1.32. The molecular formula is C17H27N5O3. The lowest BCUT2D eigenvalue weighted by atomic mass is 10.0. The summed E-state index contributed by atoms with van der Waals surface area (Å²) in [5.41, 5.74) is 0. The molecule has 0 unspecified atom stereocenters. The Bertz CT molecular complexity index is 551. The van der Waals surface area contributed by atoms with E-state index in [1.807, 2.05) is 12.3 Å². The van der Waals surface area contributed by atoms with Gasteiger partial charge in [0.1, 0.15) is 5.82 Å². The Morgan fingerprint density at radius 2 is 1.80 bits per heavy atom. The Morgan fingerprint density at radius 1 is 1.04 bits per heavy atom. The smallest absolute Gasteiger partial charge is 0.224 e. The number of nitrogens with one attached hydrogen (secondary N) is 1. The molecule has 8 nitrogen and oxygen atoms in total. The van der Waals surface area contributed by atoms with Gasteiger partial charge in [-0.15, -0.1) is 0 Å². The van der Waals surface area contributed by atoms with Crippen molar-refractivity contribution in [2.24, 2.45) is 0 Å². The Hall–Kier alpha value is -1.48. The van der Waals surface area contributed by atoms with Crippen LogP contribution in [0.4, 0.5) is 11.8 Å². The molecule has 0 saturated carbocycles.